The summed E-state index contributed by atoms with van der Waals surface area (Å²) in [6.07, 6.45) is 1.48. The predicted molar refractivity (Wildman–Crippen MR) is 57.3 cm³/mol. The number of hydrogen-bond acceptors (Lipinski definition) is 4. The van der Waals surface area contributed by atoms with Gasteiger partial charge in [0.25, 0.3) is 11.8 Å². The Morgan fingerprint density at radius 2 is 1.81 bits per heavy atom. The van der Waals surface area contributed by atoms with E-state index in [1.807, 2.05) is 0 Å². The first kappa shape index (κ1) is 10.5. The molecule has 1 aromatic rings. The van der Waals surface area contributed by atoms with Crippen molar-refractivity contribution in [1.82, 2.24) is 5.06 Å². The second-order valence-electron chi connectivity index (χ2n) is 3.19. The van der Waals surface area contributed by atoms with Gasteiger partial charge in [0, 0.05) is 13.3 Å². The van der Waals surface area contributed by atoms with Crippen LogP contribution < -0.4 is 0 Å². The van der Waals surface area contributed by atoms with Crippen LogP contribution in [0.2, 0.25) is 0 Å². The highest BCUT2D eigenvalue weighted by Crippen LogP contribution is 2.22. The zero-order valence-electron chi connectivity index (χ0n) is 8.71. The number of rotatable bonds is 3. The van der Waals surface area contributed by atoms with Crippen molar-refractivity contribution in [2.24, 2.45) is 4.99 Å². The molecular formula is C11H10N2O3. The first-order valence-corrected chi connectivity index (χ1v) is 4.77. The minimum absolute atomic E-state index is 0.0992. The molecule has 0 aromatic heterocycles. The molecule has 16 heavy (non-hydrogen) atoms. The summed E-state index contributed by atoms with van der Waals surface area (Å²) < 4.78 is 0. The third kappa shape index (κ3) is 1.61. The Labute approximate surface area is 92.3 Å². The first-order chi connectivity index (χ1) is 7.75. The molecule has 0 saturated heterocycles. The fourth-order valence-electron chi connectivity index (χ4n) is 1.47. The topological polar surface area (TPSA) is 59.0 Å². The molecule has 82 valence electrons. The molecule has 0 unspecified atom stereocenters. The molecule has 1 aliphatic heterocycles. The Balaban J connectivity index is 2.21. The Bertz CT molecular complexity index is 433. The molecule has 0 radical (unpaired) electrons. The van der Waals surface area contributed by atoms with E-state index in [9.17, 15) is 9.59 Å². The lowest BCUT2D eigenvalue weighted by Gasteiger charge is -2.10. The third-order valence-corrected chi connectivity index (χ3v) is 2.22. The smallest absolute Gasteiger partial charge is 0.285 e. The SMILES string of the molecule is CN=CCON1C(=O)c2ccccc2C1=O. The van der Waals surface area contributed by atoms with E-state index in [-0.39, 0.29) is 6.61 Å². The number of imide groups is 1. The fraction of sp³-hybridized carbons (Fsp3) is 0.182. The molecule has 2 rings (SSSR count). The van der Waals surface area contributed by atoms with E-state index in [1.54, 1.807) is 31.3 Å². The van der Waals surface area contributed by atoms with Crippen molar-refractivity contribution >= 4 is 18.0 Å². The first-order valence-electron chi connectivity index (χ1n) is 4.77. The van der Waals surface area contributed by atoms with Crippen molar-refractivity contribution in [2.45, 2.75) is 0 Å². The van der Waals surface area contributed by atoms with E-state index in [1.165, 1.54) is 6.21 Å². The standard InChI is InChI=1S/C11H10N2O3/c1-12-6-7-16-13-10(14)8-4-2-3-5-9(8)11(13)15/h2-6H,7H2,1H3. The van der Waals surface area contributed by atoms with Gasteiger partial charge in [-0.2, -0.15) is 0 Å². The Hall–Kier alpha value is -2.01. The summed E-state index contributed by atoms with van der Waals surface area (Å²) in [6.45, 7) is 0.0992. The molecule has 5 nitrogen and oxygen atoms in total. The number of hydroxylamine groups is 2. The lowest BCUT2D eigenvalue weighted by molar-refractivity contribution is -0.0751. The normalized spacial score (nSPS) is 14.9. The monoisotopic (exact) mass is 218 g/mol. The Morgan fingerprint density at radius 3 is 2.31 bits per heavy atom. The van der Waals surface area contributed by atoms with E-state index in [2.05, 4.69) is 4.99 Å². The predicted octanol–water partition coefficient (Wildman–Crippen LogP) is 0.915. The molecule has 0 bridgehead atoms. The molecular weight excluding hydrogens is 208 g/mol. The van der Waals surface area contributed by atoms with Gasteiger partial charge in [-0.1, -0.05) is 12.1 Å². The maximum atomic E-state index is 11.7. The number of aliphatic imine (C=N–C) groups is 1. The lowest BCUT2D eigenvalue weighted by Crippen LogP contribution is -2.30. The maximum Gasteiger partial charge on any atom is 0.285 e. The largest absolute Gasteiger partial charge is 0.298 e. The molecule has 0 saturated carbocycles. The molecule has 0 N–H and O–H groups in total. The zero-order valence-corrected chi connectivity index (χ0v) is 8.71. The summed E-state index contributed by atoms with van der Waals surface area (Å²) in [6, 6.07) is 6.63. The van der Waals surface area contributed by atoms with E-state index in [0.29, 0.717) is 11.1 Å². The highest BCUT2D eigenvalue weighted by atomic mass is 16.7. The fourth-order valence-corrected chi connectivity index (χ4v) is 1.47. The van der Waals surface area contributed by atoms with Crippen LogP contribution >= 0.6 is 0 Å². The second kappa shape index (κ2) is 4.24. The van der Waals surface area contributed by atoms with Crippen LogP contribution in [-0.4, -0.2) is 36.7 Å². The molecule has 5 heteroatoms. The Kier molecular flexibility index (Phi) is 2.78. The van der Waals surface area contributed by atoms with Crippen LogP contribution in [0.25, 0.3) is 0 Å². The van der Waals surface area contributed by atoms with Crippen molar-refractivity contribution in [1.29, 1.82) is 0 Å². The van der Waals surface area contributed by atoms with Crippen LogP contribution in [0.15, 0.2) is 29.3 Å². The molecule has 0 aliphatic carbocycles. The van der Waals surface area contributed by atoms with Crippen LogP contribution in [0, 0.1) is 0 Å². The van der Waals surface area contributed by atoms with Crippen LogP contribution in [0.5, 0.6) is 0 Å². The van der Waals surface area contributed by atoms with E-state index in [4.69, 9.17) is 4.84 Å². The highest BCUT2D eigenvalue weighted by Gasteiger charge is 2.36. The minimum atomic E-state index is -0.426. The van der Waals surface area contributed by atoms with E-state index in [0.717, 1.165) is 5.06 Å². The van der Waals surface area contributed by atoms with Crippen molar-refractivity contribution in [3.63, 3.8) is 0 Å². The van der Waals surface area contributed by atoms with Gasteiger partial charge in [0.1, 0.15) is 6.61 Å². The summed E-state index contributed by atoms with van der Waals surface area (Å²) in [4.78, 5) is 32.2. The number of carbonyl (C=O) groups is 2. The number of benzene rings is 1. The quantitative estimate of drug-likeness (QED) is 0.559. The number of carbonyl (C=O) groups excluding carboxylic acids is 2. The molecule has 2 amide bonds. The van der Waals surface area contributed by atoms with Gasteiger partial charge in [-0.3, -0.25) is 19.4 Å². The number of nitrogens with zero attached hydrogens (tertiary/aromatic N) is 2. The van der Waals surface area contributed by atoms with Crippen molar-refractivity contribution < 1.29 is 14.4 Å². The van der Waals surface area contributed by atoms with Gasteiger partial charge in [0.05, 0.1) is 11.1 Å². The average Bonchev–Trinajstić information content (AvgIpc) is 2.55. The van der Waals surface area contributed by atoms with Gasteiger partial charge in [-0.05, 0) is 12.1 Å². The average molecular weight is 218 g/mol. The summed E-state index contributed by atoms with van der Waals surface area (Å²) in [7, 11) is 1.59. The van der Waals surface area contributed by atoms with Gasteiger partial charge >= 0.3 is 0 Å². The summed E-state index contributed by atoms with van der Waals surface area (Å²) in [5, 5.41) is 0.770. The van der Waals surface area contributed by atoms with Crippen LogP contribution in [0.4, 0.5) is 0 Å². The molecule has 0 spiro atoms. The van der Waals surface area contributed by atoms with Crippen molar-refractivity contribution in [3.05, 3.63) is 35.4 Å². The maximum absolute atomic E-state index is 11.7. The number of fused-ring (bicyclic) bond motifs is 1. The van der Waals surface area contributed by atoms with Gasteiger partial charge in [-0.15, -0.1) is 5.06 Å². The third-order valence-electron chi connectivity index (χ3n) is 2.22. The van der Waals surface area contributed by atoms with Gasteiger partial charge < -0.3 is 0 Å². The van der Waals surface area contributed by atoms with Crippen LogP contribution in [0.1, 0.15) is 20.7 Å². The van der Waals surface area contributed by atoms with Gasteiger partial charge in [0.15, 0.2) is 0 Å². The molecule has 0 atom stereocenters. The van der Waals surface area contributed by atoms with Gasteiger partial charge in [0.2, 0.25) is 0 Å². The summed E-state index contributed by atoms with van der Waals surface area (Å²) in [5.74, 6) is -0.852. The molecule has 1 aromatic carbocycles. The summed E-state index contributed by atoms with van der Waals surface area (Å²) >= 11 is 0. The summed E-state index contributed by atoms with van der Waals surface area (Å²) in [5.41, 5.74) is 0.752. The van der Waals surface area contributed by atoms with Crippen LogP contribution in [0.3, 0.4) is 0 Å². The molecule has 0 fully saturated rings. The minimum Gasteiger partial charge on any atom is -0.298 e. The van der Waals surface area contributed by atoms with E-state index >= 15 is 0 Å². The number of amides is 2. The zero-order chi connectivity index (χ0) is 11.5. The second-order valence-corrected chi connectivity index (χ2v) is 3.19. The van der Waals surface area contributed by atoms with Crippen LogP contribution in [-0.2, 0) is 4.84 Å². The highest BCUT2D eigenvalue weighted by molar-refractivity contribution is 6.20. The molecule has 1 aliphatic rings. The Morgan fingerprint density at radius 1 is 1.25 bits per heavy atom. The molecule has 1 heterocycles. The van der Waals surface area contributed by atoms with E-state index < -0.39 is 11.8 Å². The van der Waals surface area contributed by atoms with Crippen molar-refractivity contribution in [3.8, 4) is 0 Å². The van der Waals surface area contributed by atoms with Gasteiger partial charge in [-0.25, -0.2) is 0 Å². The number of hydrogen-bond donors (Lipinski definition) is 0. The van der Waals surface area contributed by atoms with Crippen molar-refractivity contribution in [2.75, 3.05) is 13.7 Å². The lowest BCUT2D eigenvalue weighted by atomic mass is 10.1.